The summed E-state index contributed by atoms with van der Waals surface area (Å²) in [5, 5.41) is 3.99. The molecule has 0 aliphatic heterocycles. The van der Waals surface area contributed by atoms with Crippen molar-refractivity contribution < 1.29 is 9.18 Å². The Morgan fingerprint density at radius 3 is 2.43 bits per heavy atom. The third-order valence-electron chi connectivity index (χ3n) is 3.42. The van der Waals surface area contributed by atoms with Crippen molar-refractivity contribution in [3.63, 3.8) is 0 Å². The largest absolute Gasteiger partial charge is 0.288 e. The summed E-state index contributed by atoms with van der Waals surface area (Å²) < 4.78 is 15.3. The predicted molar refractivity (Wildman–Crippen MR) is 83.9 cm³/mol. The van der Waals surface area contributed by atoms with Crippen molar-refractivity contribution >= 4 is 5.78 Å². The normalized spacial score (nSPS) is 10.5. The summed E-state index contributed by atoms with van der Waals surface area (Å²) in [5.41, 5.74) is 0.235. The predicted octanol–water partition coefficient (Wildman–Crippen LogP) is 2.66. The van der Waals surface area contributed by atoms with Crippen LogP contribution in [-0.2, 0) is 6.54 Å². The zero-order valence-electron chi connectivity index (χ0n) is 12.1. The summed E-state index contributed by atoms with van der Waals surface area (Å²) in [5.74, 6) is -1.29. The Labute approximate surface area is 131 Å². The highest BCUT2D eigenvalue weighted by atomic mass is 19.1. The van der Waals surface area contributed by atoms with Crippen molar-refractivity contribution in [3.05, 3.63) is 99.7 Å². The molecule has 23 heavy (non-hydrogen) atoms. The minimum absolute atomic E-state index is 0.0963. The maximum Gasteiger partial charge on any atom is 0.211 e. The van der Waals surface area contributed by atoms with Crippen LogP contribution in [0.1, 0.15) is 21.5 Å². The molecule has 0 fully saturated rings. The molecule has 0 amide bonds. The summed E-state index contributed by atoms with van der Waals surface area (Å²) in [6, 6.07) is 15.1. The van der Waals surface area contributed by atoms with Gasteiger partial charge in [-0.05, 0) is 17.7 Å². The first kappa shape index (κ1) is 14.8. The van der Waals surface area contributed by atoms with Crippen LogP contribution in [0, 0.1) is 5.82 Å². The van der Waals surface area contributed by atoms with Gasteiger partial charge in [0, 0.05) is 6.20 Å². The molecule has 0 atom stereocenters. The quantitative estimate of drug-likeness (QED) is 0.696. The molecule has 0 unspecified atom stereocenters. The van der Waals surface area contributed by atoms with E-state index in [9.17, 15) is 14.0 Å². The maximum atomic E-state index is 13.8. The fourth-order valence-electron chi connectivity index (χ4n) is 2.26. The average molecular weight is 308 g/mol. The van der Waals surface area contributed by atoms with Gasteiger partial charge in [-0.2, -0.15) is 5.10 Å². The van der Waals surface area contributed by atoms with Gasteiger partial charge in [-0.3, -0.25) is 14.3 Å². The van der Waals surface area contributed by atoms with Crippen molar-refractivity contribution in [2.45, 2.75) is 6.54 Å². The Bertz CT molecular complexity index is 904. The summed E-state index contributed by atoms with van der Waals surface area (Å²) in [4.78, 5) is 24.3. The number of hydrogen-bond acceptors (Lipinski definition) is 3. The molecule has 1 aromatic heterocycles. The second-order valence-electron chi connectivity index (χ2n) is 5.04. The van der Waals surface area contributed by atoms with E-state index in [1.807, 2.05) is 30.3 Å². The highest BCUT2D eigenvalue weighted by molar-refractivity contribution is 6.08. The van der Waals surface area contributed by atoms with E-state index in [2.05, 4.69) is 5.10 Å². The highest BCUT2D eigenvalue weighted by Crippen LogP contribution is 2.11. The number of carbonyl (C=O) groups is 1. The molecule has 0 aliphatic carbocycles. The molecule has 0 radical (unpaired) electrons. The van der Waals surface area contributed by atoms with Crippen LogP contribution < -0.4 is 5.43 Å². The molecular weight excluding hydrogens is 295 g/mol. The molecule has 2 aromatic carbocycles. The number of halogens is 1. The lowest BCUT2D eigenvalue weighted by atomic mass is 10.0. The van der Waals surface area contributed by atoms with E-state index in [1.54, 1.807) is 6.07 Å². The van der Waals surface area contributed by atoms with Gasteiger partial charge in [0.05, 0.1) is 23.9 Å². The van der Waals surface area contributed by atoms with Gasteiger partial charge in [-0.1, -0.05) is 42.5 Å². The highest BCUT2D eigenvalue weighted by Gasteiger charge is 2.17. The van der Waals surface area contributed by atoms with Crippen LogP contribution in [-0.4, -0.2) is 15.6 Å². The molecule has 0 spiro atoms. The van der Waals surface area contributed by atoms with Crippen molar-refractivity contribution in [2.75, 3.05) is 0 Å². The van der Waals surface area contributed by atoms with Crippen molar-refractivity contribution in [1.29, 1.82) is 0 Å². The number of nitrogens with zero attached hydrogens (tertiary/aromatic N) is 2. The lowest BCUT2D eigenvalue weighted by Crippen LogP contribution is -2.21. The Kier molecular flexibility index (Phi) is 4.10. The standard InChI is InChI=1S/C18H13FN2O2/c19-16-9-5-4-8-14(16)18(23)15-12-21(20-10-17(15)22)11-13-6-2-1-3-7-13/h1-10,12H,11H2. The molecule has 0 aliphatic rings. The molecule has 0 saturated carbocycles. The lowest BCUT2D eigenvalue weighted by Gasteiger charge is -2.07. The van der Waals surface area contributed by atoms with E-state index in [0.29, 0.717) is 6.54 Å². The fourth-order valence-corrected chi connectivity index (χ4v) is 2.26. The van der Waals surface area contributed by atoms with Crippen LogP contribution in [0.25, 0.3) is 0 Å². The molecule has 0 saturated heterocycles. The Morgan fingerprint density at radius 2 is 1.70 bits per heavy atom. The van der Waals surface area contributed by atoms with Gasteiger partial charge in [-0.15, -0.1) is 0 Å². The Morgan fingerprint density at radius 1 is 1.00 bits per heavy atom. The van der Waals surface area contributed by atoms with Gasteiger partial charge >= 0.3 is 0 Å². The summed E-state index contributed by atoms with van der Waals surface area (Å²) in [7, 11) is 0. The number of carbonyl (C=O) groups excluding carboxylic acids is 1. The van der Waals surface area contributed by atoms with E-state index in [-0.39, 0.29) is 11.1 Å². The number of aromatic nitrogens is 2. The lowest BCUT2D eigenvalue weighted by molar-refractivity contribution is 0.103. The van der Waals surface area contributed by atoms with Crippen LogP contribution in [0.3, 0.4) is 0 Å². The first-order chi connectivity index (χ1) is 11.1. The minimum Gasteiger partial charge on any atom is -0.288 e. The van der Waals surface area contributed by atoms with Crippen molar-refractivity contribution in [1.82, 2.24) is 9.78 Å². The zero-order valence-corrected chi connectivity index (χ0v) is 12.1. The van der Waals surface area contributed by atoms with E-state index < -0.39 is 17.0 Å². The Hall–Kier alpha value is -3.08. The molecule has 114 valence electrons. The van der Waals surface area contributed by atoms with Gasteiger partial charge < -0.3 is 0 Å². The van der Waals surface area contributed by atoms with Crippen LogP contribution in [0.5, 0.6) is 0 Å². The second-order valence-corrected chi connectivity index (χ2v) is 5.04. The molecule has 1 heterocycles. The van der Waals surface area contributed by atoms with Gasteiger partial charge in [0.25, 0.3) is 0 Å². The molecular formula is C18H13FN2O2. The SMILES string of the molecule is O=C(c1ccccc1F)c1cn(Cc2ccccc2)ncc1=O. The minimum atomic E-state index is -0.650. The van der Waals surface area contributed by atoms with Gasteiger partial charge in [0.15, 0.2) is 0 Å². The van der Waals surface area contributed by atoms with E-state index >= 15 is 0 Å². The number of ketones is 1. The number of hydrogen-bond donors (Lipinski definition) is 0. The average Bonchev–Trinajstić information content (AvgIpc) is 2.57. The molecule has 3 rings (SSSR count). The topological polar surface area (TPSA) is 52.0 Å². The fraction of sp³-hybridized carbons (Fsp3) is 0.0556. The third-order valence-corrected chi connectivity index (χ3v) is 3.42. The second kappa shape index (κ2) is 6.36. The van der Waals surface area contributed by atoms with Crippen molar-refractivity contribution in [2.24, 2.45) is 0 Å². The molecule has 0 N–H and O–H groups in total. The summed E-state index contributed by atoms with van der Waals surface area (Å²) in [6.07, 6.45) is 2.45. The molecule has 4 nitrogen and oxygen atoms in total. The first-order valence-corrected chi connectivity index (χ1v) is 7.05. The summed E-state index contributed by atoms with van der Waals surface area (Å²) in [6.45, 7) is 0.415. The summed E-state index contributed by atoms with van der Waals surface area (Å²) >= 11 is 0. The smallest absolute Gasteiger partial charge is 0.211 e. The number of benzene rings is 2. The van der Waals surface area contributed by atoms with Crippen LogP contribution >= 0.6 is 0 Å². The van der Waals surface area contributed by atoms with Crippen LogP contribution in [0.2, 0.25) is 0 Å². The molecule has 3 aromatic rings. The van der Waals surface area contributed by atoms with E-state index in [4.69, 9.17) is 0 Å². The Balaban J connectivity index is 1.97. The first-order valence-electron chi connectivity index (χ1n) is 7.05. The zero-order chi connectivity index (χ0) is 16.2. The van der Waals surface area contributed by atoms with Crippen molar-refractivity contribution in [3.8, 4) is 0 Å². The van der Waals surface area contributed by atoms with Gasteiger partial charge in [0.1, 0.15) is 5.82 Å². The number of rotatable bonds is 4. The van der Waals surface area contributed by atoms with Gasteiger partial charge in [-0.25, -0.2) is 4.39 Å². The molecule has 0 bridgehead atoms. The third kappa shape index (κ3) is 3.23. The molecule has 5 heteroatoms. The maximum absolute atomic E-state index is 13.8. The van der Waals surface area contributed by atoms with E-state index in [1.165, 1.54) is 29.1 Å². The van der Waals surface area contributed by atoms with Gasteiger partial charge in [0.2, 0.25) is 11.2 Å². The monoisotopic (exact) mass is 308 g/mol. The van der Waals surface area contributed by atoms with Crippen LogP contribution in [0.15, 0.2) is 71.8 Å². The van der Waals surface area contributed by atoms with E-state index in [0.717, 1.165) is 11.8 Å². The van der Waals surface area contributed by atoms with Crippen LogP contribution in [0.4, 0.5) is 4.39 Å².